The van der Waals surface area contributed by atoms with Crippen LogP contribution in [0, 0.1) is 0 Å². The highest BCUT2D eigenvalue weighted by Crippen LogP contribution is 2.28. The van der Waals surface area contributed by atoms with Gasteiger partial charge < -0.3 is 19.7 Å². The largest absolute Gasteiger partial charge is 0.481 e. The molecule has 6 nitrogen and oxygen atoms in total. The first-order valence-corrected chi connectivity index (χ1v) is 8.09. The first kappa shape index (κ1) is 17.8. The van der Waals surface area contributed by atoms with Gasteiger partial charge in [-0.2, -0.15) is 0 Å². The summed E-state index contributed by atoms with van der Waals surface area (Å²) in [4.78, 5) is 18.1. The van der Waals surface area contributed by atoms with Crippen molar-refractivity contribution in [2.45, 2.75) is 38.8 Å². The average Bonchev–Trinajstić information content (AvgIpc) is 2.71. The lowest BCUT2D eigenvalue weighted by molar-refractivity contribution is 0.0261. The van der Waals surface area contributed by atoms with Gasteiger partial charge in [-0.15, -0.1) is 0 Å². The van der Waals surface area contributed by atoms with Crippen molar-refractivity contribution in [3.8, 4) is 5.88 Å². The SMILES string of the molecule is COc1nc(Cl)ccc1C1CCN(C(=O)OC(C)(C)C)CCN1. The molecule has 1 saturated heterocycles. The van der Waals surface area contributed by atoms with Gasteiger partial charge in [0.2, 0.25) is 5.88 Å². The average molecular weight is 342 g/mol. The fourth-order valence-corrected chi connectivity index (χ4v) is 2.64. The molecule has 1 unspecified atom stereocenters. The highest BCUT2D eigenvalue weighted by molar-refractivity contribution is 6.29. The number of carbonyl (C=O) groups excluding carboxylic acids is 1. The first-order valence-electron chi connectivity index (χ1n) is 7.72. The number of halogens is 1. The van der Waals surface area contributed by atoms with E-state index < -0.39 is 5.60 Å². The minimum atomic E-state index is -0.487. The number of ether oxygens (including phenoxy) is 2. The Morgan fingerprint density at radius 1 is 1.39 bits per heavy atom. The number of hydrogen-bond donors (Lipinski definition) is 1. The van der Waals surface area contributed by atoms with Crippen LogP contribution in [0.15, 0.2) is 12.1 Å². The van der Waals surface area contributed by atoms with Gasteiger partial charge in [-0.3, -0.25) is 0 Å². The van der Waals surface area contributed by atoms with Gasteiger partial charge >= 0.3 is 6.09 Å². The van der Waals surface area contributed by atoms with Crippen LogP contribution in [0.1, 0.15) is 38.8 Å². The van der Waals surface area contributed by atoms with Crippen LogP contribution >= 0.6 is 11.6 Å². The molecule has 0 bridgehead atoms. The Morgan fingerprint density at radius 3 is 2.78 bits per heavy atom. The first-order chi connectivity index (χ1) is 10.8. The summed E-state index contributed by atoms with van der Waals surface area (Å²) < 4.78 is 10.8. The Kier molecular flexibility index (Phi) is 5.70. The van der Waals surface area contributed by atoms with E-state index in [1.54, 1.807) is 18.1 Å². The van der Waals surface area contributed by atoms with Crippen LogP contribution in [0.5, 0.6) is 5.88 Å². The number of aromatic nitrogens is 1. The van der Waals surface area contributed by atoms with E-state index in [0.717, 1.165) is 12.0 Å². The number of methoxy groups -OCH3 is 1. The number of amides is 1. The van der Waals surface area contributed by atoms with E-state index in [4.69, 9.17) is 21.1 Å². The Bertz CT molecular complexity index is 560. The van der Waals surface area contributed by atoms with Gasteiger partial charge in [0.15, 0.2) is 0 Å². The maximum Gasteiger partial charge on any atom is 0.410 e. The standard InChI is InChI=1S/C16H24ClN3O3/c1-16(2,3)23-15(21)20-9-7-12(18-8-10-20)11-5-6-13(17)19-14(11)22-4/h5-6,12,18H,7-10H2,1-4H3. The van der Waals surface area contributed by atoms with Crippen LogP contribution in [0.3, 0.4) is 0 Å². The quantitative estimate of drug-likeness (QED) is 0.838. The summed E-state index contributed by atoms with van der Waals surface area (Å²) in [5.41, 5.74) is 0.461. The molecule has 1 aromatic rings. The van der Waals surface area contributed by atoms with Crippen molar-refractivity contribution >= 4 is 17.7 Å². The van der Waals surface area contributed by atoms with Crippen molar-refractivity contribution in [1.82, 2.24) is 15.2 Å². The smallest absolute Gasteiger partial charge is 0.410 e. The lowest BCUT2D eigenvalue weighted by atomic mass is 10.1. The zero-order valence-corrected chi connectivity index (χ0v) is 14.8. The Morgan fingerprint density at radius 2 is 2.13 bits per heavy atom. The molecule has 1 amide bonds. The molecule has 2 rings (SSSR count). The number of nitrogens with zero attached hydrogens (tertiary/aromatic N) is 2. The molecule has 0 aliphatic carbocycles. The monoisotopic (exact) mass is 341 g/mol. The highest BCUT2D eigenvalue weighted by Gasteiger charge is 2.26. The third kappa shape index (κ3) is 4.97. The van der Waals surface area contributed by atoms with Crippen LogP contribution in [0.4, 0.5) is 4.79 Å². The minimum absolute atomic E-state index is 0.0575. The molecule has 0 saturated carbocycles. The van der Waals surface area contributed by atoms with Crippen molar-refractivity contribution in [1.29, 1.82) is 0 Å². The normalized spacial score (nSPS) is 19.2. The zero-order chi connectivity index (χ0) is 17.0. The molecule has 2 heterocycles. The summed E-state index contributed by atoms with van der Waals surface area (Å²) in [5.74, 6) is 0.515. The van der Waals surface area contributed by atoms with E-state index in [0.29, 0.717) is 30.7 Å². The summed E-state index contributed by atoms with van der Waals surface area (Å²) in [6.07, 6.45) is 0.472. The van der Waals surface area contributed by atoms with Crippen LogP contribution in [-0.4, -0.2) is 48.3 Å². The molecule has 0 aromatic carbocycles. The Labute approximate surface area is 142 Å². The molecule has 0 radical (unpaired) electrons. The Balaban J connectivity index is 2.05. The summed E-state index contributed by atoms with van der Waals surface area (Å²) >= 11 is 5.91. The van der Waals surface area contributed by atoms with Crippen LogP contribution < -0.4 is 10.1 Å². The maximum atomic E-state index is 12.2. The van der Waals surface area contributed by atoms with Crippen LogP contribution in [0.2, 0.25) is 5.15 Å². The third-order valence-electron chi connectivity index (χ3n) is 3.54. The number of hydrogen-bond acceptors (Lipinski definition) is 5. The van der Waals surface area contributed by atoms with Gasteiger partial charge in [-0.1, -0.05) is 11.6 Å². The van der Waals surface area contributed by atoms with Crippen molar-refractivity contribution in [2.24, 2.45) is 0 Å². The third-order valence-corrected chi connectivity index (χ3v) is 3.75. The molecule has 7 heteroatoms. The molecule has 23 heavy (non-hydrogen) atoms. The minimum Gasteiger partial charge on any atom is -0.481 e. The van der Waals surface area contributed by atoms with Gasteiger partial charge in [0.1, 0.15) is 10.8 Å². The maximum absolute atomic E-state index is 12.2. The number of pyridine rings is 1. The zero-order valence-electron chi connectivity index (χ0n) is 14.1. The molecule has 1 aliphatic heterocycles. The van der Waals surface area contributed by atoms with Crippen molar-refractivity contribution < 1.29 is 14.3 Å². The highest BCUT2D eigenvalue weighted by atomic mass is 35.5. The van der Waals surface area contributed by atoms with E-state index in [1.807, 2.05) is 26.8 Å². The van der Waals surface area contributed by atoms with Crippen molar-refractivity contribution in [3.05, 3.63) is 22.8 Å². The van der Waals surface area contributed by atoms with E-state index >= 15 is 0 Å². The summed E-state index contributed by atoms with van der Waals surface area (Å²) in [7, 11) is 1.58. The van der Waals surface area contributed by atoms with Crippen molar-refractivity contribution in [3.63, 3.8) is 0 Å². The van der Waals surface area contributed by atoms with Gasteiger partial charge in [0.25, 0.3) is 0 Å². The van der Waals surface area contributed by atoms with E-state index in [2.05, 4.69) is 10.3 Å². The molecule has 1 atom stereocenters. The van der Waals surface area contributed by atoms with E-state index in [-0.39, 0.29) is 12.1 Å². The van der Waals surface area contributed by atoms with Gasteiger partial charge in [-0.25, -0.2) is 9.78 Å². The molecule has 1 N–H and O–H groups in total. The molecule has 1 aromatic heterocycles. The Hall–Kier alpha value is -1.53. The molecule has 0 spiro atoms. The lowest BCUT2D eigenvalue weighted by Gasteiger charge is -2.26. The summed E-state index contributed by atoms with van der Waals surface area (Å²) in [6, 6.07) is 3.72. The van der Waals surface area contributed by atoms with Crippen LogP contribution in [0.25, 0.3) is 0 Å². The second-order valence-electron chi connectivity index (χ2n) is 6.50. The molecular formula is C16H24ClN3O3. The van der Waals surface area contributed by atoms with Crippen molar-refractivity contribution in [2.75, 3.05) is 26.7 Å². The van der Waals surface area contributed by atoms with E-state index in [1.165, 1.54) is 0 Å². The summed E-state index contributed by atoms with van der Waals surface area (Å²) in [6.45, 7) is 7.50. The predicted octanol–water partition coefficient (Wildman–Crippen LogP) is 3.02. The number of carbonyl (C=O) groups is 1. The molecular weight excluding hydrogens is 318 g/mol. The number of rotatable bonds is 2. The molecule has 1 aliphatic rings. The lowest BCUT2D eigenvalue weighted by Crippen LogP contribution is -2.38. The van der Waals surface area contributed by atoms with Gasteiger partial charge in [0, 0.05) is 31.2 Å². The summed E-state index contributed by atoms with van der Waals surface area (Å²) in [5, 5.41) is 3.83. The molecule has 128 valence electrons. The topological polar surface area (TPSA) is 63.7 Å². The van der Waals surface area contributed by atoms with E-state index in [9.17, 15) is 4.79 Å². The number of nitrogens with one attached hydrogen (secondary N) is 1. The molecule has 1 fully saturated rings. The second-order valence-corrected chi connectivity index (χ2v) is 6.88. The predicted molar refractivity (Wildman–Crippen MR) is 89.0 cm³/mol. The second kappa shape index (κ2) is 7.36. The van der Waals surface area contributed by atoms with Crippen LogP contribution in [-0.2, 0) is 4.74 Å². The van der Waals surface area contributed by atoms with Gasteiger partial charge in [0.05, 0.1) is 7.11 Å². The fraction of sp³-hybridized carbons (Fsp3) is 0.625. The fourth-order valence-electron chi connectivity index (χ4n) is 2.50. The van der Waals surface area contributed by atoms with Gasteiger partial charge in [-0.05, 0) is 39.3 Å².